The molecule has 0 bridgehead atoms. The second-order valence-corrected chi connectivity index (χ2v) is 3.77. The third-order valence-corrected chi connectivity index (χ3v) is 1.85. The molecular formula is C10H13N5O. The summed E-state index contributed by atoms with van der Waals surface area (Å²) < 4.78 is 5.02. The topological polar surface area (TPSA) is 76.7 Å². The lowest BCUT2D eigenvalue weighted by atomic mass is 10.2. The van der Waals surface area contributed by atoms with Crippen molar-refractivity contribution in [3.63, 3.8) is 0 Å². The lowest BCUT2D eigenvalue weighted by Crippen LogP contribution is -2.07. The number of rotatable bonds is 4. The van der Waals surface area contributed by atoms with Crippen molar-refractivity contribution < 1.29 is 4.52 Å². The molecule has 1 N–H and O–H groups in total. The monoisotopic (exact) mass is 219 g/mol. The Hall–Kier alpha value is -1.98. The van der Waals surface area contributed by atoms with Gasteiger partial charge < -0.3 is 9.84 Å². The molecule has 2 heterocycles. The van der Waals surface area contributed by atoms with Crippen molar-refractivity contribution in [3.05, 3.63) is 18.5 Å². The van der Waals surface area contributed by atoms with Gasteiger partial charge in [-0.2, -0.15) is 4.98 Å². The Balaban J connectivity index is 2.08. The maximum atomic E-state index is 5.02. The number of nitrogens with one attached hydrogen (secondary N) is 1. The molecule has 84 valence electrons. The van der Waals surface area contributed by atoms with E-state index in [0.29, 0.717) is 23.6 Å². The second-order valence-electron chi connectivity index (χ2n) is 3.77. The Bertz CT molecular complexity index is 439. The molecule has 0 unspecified atom stereocenters. The van der Waals surface area contributed by atoms with Crippen LogP contribution < -0.4 is 5.32 Å². The maximum absolute atomic E-state index is 5.02. The Labute approximate surface area is 93.1 Å². The zero-order valence-corrected chi connectivity index (χ0v) is 9.21. The van der Waals surface area contributed by atoms with Gasteiger partial charge in [-0.3, -0.25) is 0 Å². The van der Waals surface area contributed by atoms with E-state index in [1.807, 2.05) is 0 Å². The van der Waals surface area contributed by atoms with E-state index in [1.54, 1.807) is 18.5 Å². The number of anilines is 1. The van der Waals surface area contributed by atoms with E-state index in [0.717, 1.165) is 6.54 Å². The summed E-state index contributed by atoms with van der Waals surface area (Å²) in [5, 5.41) is 6.83. The van der Waals surface area contributed by atoms with Crippen LogP contribution in [0.2, 0.25) is 0 Å². The van der Waals surface area contributed by atoms with Gasteiger partial charge in [0, 0.05) is 18.9 Å². The van der Waals surface area contributed by atoms with Crippen LogP contribution in [-0.4, -0.2) is 26.7 Å². The standard InChI is InChI=1S/C10H13N5O/c1-7(2)6-13-10-14-9(15-16-10)8-11-4-3-5-12-8/h3-5,7H,6H2,1-2H3,(H,13,14,15). The molecule has 0 saturated heterocycles. The van der Waals surface area contributed by atoms with Gasteiger partial charge in [0.2, 0.25) is 11.6 Å². The van der Waals surface area contributed by atoms with Crippen LogP contribution in [0.1, 0.15) is 13.8 Å². The molecule has 0 spiro atoms. The summed E-state index contributed by atoms with van der Waals surface area (Å²) in [6, 6.07) is 2.14. The van der Waals surface area contributed by atoms with E-state index in [-0.39, 0.29) is 0 Å². The summed E-state index contributed by atoms with van der Waals surface area (Å²) in [6.07, 6.45) is 3.28. The largest absolute Gasteiger partial charge is 0.337 e. The molecule has 16 heavy (non-hydrogen) atoms. The first kappa shape index (κ1) is 10.5. The van der Waals surface area contributed by atoms with E-state index in [2.05, 4.69) is 39.3 Å². The van der Waals surface area contributed by atoms with Gasteiger partial charge in [-0.05, 0) is 12.0 Å². The number of nitrogens with zero attached hydrogens (tertiary/aromatic N) is 4. The normalized spacial score (nSPS) is 10.7. The van der Waals surface area contributed by atoms with Gasteiger partial charge in [0.25, 0.3) is 0 Å². The molecule has 0 radical (unpaired) electrons. The minimum Gasteiger partial charge on any atom is -0.337 e. The highest BCUT2D eigenvalue weighted by atomic mass is 16.5. The Kier molecular flexibility index (Phi) is 3.09. The molecular weight excluding hydrogens is 206 g/mol. The van der Waals surface area contributed by atoms with Gasteiger partial charge in [-0.25, -0.2) is 9.97 Å². The average Bonchev–Trinajstić information content (AvgIpc) is 2.76. The van der Waals surface area contributed by atoms with Crippen LogP contribution >= 0.6 is 0 Å². The molecule has 0 amide bonds. The van der Waals surface area contributed by atoms with Gasteiger partial charge in [-0.1, -0.05) is 19.0 Å². The van der Waals surface area contributed by atoms with E-state index < -0.39 is 0 Å². The third kappa shape index (κ3) is 2.53. The molecule has 0 fully saturated rings. The zero-order chi connectivity index (χ0) is 11.4. The first-order chi connectivity index (χ1) is 7.75. The first-order valence-electron chi connectivity index (χ1n) is 5.10. The predicted molar refractivity (Wildman–Crippen MR) is 58.7 cm³/mol. The lowest BCUT2D eigenvalue weighted by Gasteiger charge is -2.02. The van der Waals surface area contributed by atoms with E-state index in [4.69, 9.17) is 4.52 Å². The summed E-state index contributed by atoms with van der Waals surface area (Å²) in [5.41, 5.74) is 0. The fraction of sp³-hybridized carbons (Fsp3) is 0.400. The molecule has 0 aliphatic rings. The SMILES string of the molecule is CC(C)CNc1nc(-c2ncccn2)no1. The minimum absolute atomic E-state index is 0.395. The second kappa shape index (κ2) is 4.69. The molecule has 0 aromatic carbocycles. The van der Waals surface area contributed by atoms with Crippen molar-refractivity contribution in [2.75, 3.05) is 11.9 Å². The van der Waals surface area contributed by atoms with Gasteiger partial charge in [0.1, 0.15) is 0 Å². The van der Waals surface area contributed by atoms with Crippen LogP contribution in [0, 0.1) is 5.92 Å². The molecule has 2 aromatic rings. The Morgan fingerprint density at radius 2 is 2.00 bits per heavy atom. The molecule has 0 atom stereocenters. The first-order valence-corrected chi connectivity index (χ1v) is 5.10. The summed E-state index contributed by atoms with van der Waals surface area (Å²) in [7, 11) is 0. The van der Waals surface area contributed by atoms with Gasteiger partial charge >= 0.3 is 6.01 Å². The van der Waals surface area contributed by atoms with E-state index in [1.165, 1.54) is 0 Å². The van der Waals surface area contributed by atoms with Crippen LogP contribution in [0.15, 0.2) is 23.0 Å². The van der Waals surface area contributed by atoms with Crippen LogP contribution in [0.25, 0.3) is 11.6 Å². The van der Waals surface area contributed by atoms with Crippen molar-refractivity contribution in [2.24, 2.45) is 5.92 Å². The predicted octanol–water partition coefficient (Wildman–Crippen LogP) is 1.59. The van der Waals surface area contributed by atoms with Crippen molar-refractivity contribution in [1.82, 2.24) is 20.1 Å². The van der Waals surface area contributed by atoms with E-state index in [9.17, 15) is 0 Å². The van der Waals surface area contributed by atoms with Crippen molar-refractivity contribution in [1.29, 1.82) is 0 Å². The highest BCUT2D eigenvalue weighted by molar-refractivity contribution is 5.43. The van der Waals surface area contributed by atoms with Gasteiger partial charge in [0.05, 0.1) is 0 Å². The van der Waals surface area contributed by atoms with Crippen LogP contribution in [0.4, 0.5) is 6.01 Å². The quantitative estimate of drug-likeness (QED) is 0.841. The molecule has 2 rings (SSSR count). The average molecular weight is 219 g/mol. The van der Waals surface area contributed by atoms with Crippen LogP contribution in [-0.2, 0) is 0 Å². The molecule has 2 aromatic heterocycles. The molecule has 0 saturated carbocycles. The summed E-state index contributed by atoms with van der Waals surface area (Å²) in [5.74, 6) is 1.37. The van der Waals surface area contributed by atoms with Crippen molar-refractivity contribution in [3.8, 4) is 11.6 Å². The minimum atomic E-state index is 0.395. The van der Waals surface area contributed by atoms with E-state index >= 15 is 0 Å². The summed E-state index contributed by atoms with van der Waals surface area (Å²) >= 11 is 0. The van der Waals surface area contributed by atoms with Crippen molar-refractivity contribution in [2.45, 2.75) is 13.8 Å². The van der Waals surface area contributed by atoms with Gasteiger partial charge in [0.15, 0.2) is 0 Å². The number of hydrogen-bond acceptors (Lipinski definition) is 6. The summed E-state index contributed by atoms with van der Waals surface area (Å²) in [4.78, 5) is 12.2. The fourth-order valence-corrected chi connectivity index (χ4v) is 1.09. The highest BCUT2D eigenvalue weighted by Gasteiger charge is 2.09. The van der Waals surface area contributed by atoms with Crippen LogP contribution in [0.5, 0.6) is 0 Å². The molecule has 0 aliphatic heterocycles. The lowest BCUT2D eigenvalue weighted by molar-refractivity contribution is 0.429. The number of hydrogen-bond donors (Lipinski definition) is 1. The van der Waals surface area contributed by atoms with Crippen molar-refractivity contribution >= 4 is 6.01 Å². The Morgan fingerprint density at radius 3 is 2.69 bits per heavy atom. The summed E-state index contributed by atoms with van der Waals surface area (Å²) in [6.45, 7) is 4.99. The third-order valence-electron chi connectivity index (χ3n) is 1.85. The maximum Gasteiger partial charge on any atom is 0.321 e. The molecule has 0 aliphatic carbocycles. The smallest absolute Gasteiger partial charge is 0.321 e. The highest BCUT2D eigenvalue weighted by Crippen LogP contribution is 2.12. The van der Waals surface area contributed by atoms with Gasteiger partial charge in [-0.15, -0.1) is 0 Å². The zero-order valence-electron chi connectivity index (χ0n) is 9.21. The van der Waals surface area contributed by atoms with Crippen LogP contribution in [0.3, 0.4) is 0 Å². The number of aromatic nitrogens is 4. The fourth-order valence-electron chi connectivity index (χ4n) is 1.09. The Morgan fingerprint density at radius 1 is 1.25 bits per heavy atom. The molecule has 6 heteroatoms. The molecule has 6 nitrogen and oxygen atoms in total.